The van der Waals surface area contributed by atoms with E-state index < -0.39 is 0 Å². The standard InChI is InChI=1S/C16H24N4/c1-3-14-6-4-5-7-15(14)16(19-18-2)20-10-8-13(12-17)9-11-20/h3-7,13,18H,1,8-12,17H2,2H3/b19-16+. The van der Waals surface area contributed by atoms with Crippen LogP contribution in [-0.4, -0.2) is 37.4 Å². The predicted molar refractivity (Wildman–Crippen MR) is 85.5 cm³/mol. The molecular formula is C16H24N4. The van der Waals surface area contributed by atoms with Crippen LogP contribution in [0, 0.1) is 5.92 Å². The monoisotopic (exact) mass is 272 g/mol. The highest BCUT2D eigenvalue weighted by molar-refractivity contribution is 6.01. The lowest BCUT2D eigenvalue weighted by Gasteiger charge is -2.34. The van der Waals surface area contributed by atoms with Crippen molar-refractivity contribution in [3.63, 3.8) is 0 Å². The van der Waals surface area contributed by atoms with Gasteiger partial charge < -0.3 is 16.1 Å². The van der Waals surface area contributed by atoms with Gasteiger partial charge in [0.05, 0.1) is 0 Å². The number of benzene rings is 1. The van der Waals surface area contributed by atoms with Gasteiger partial charge in [0, 0.05) is 25.7 Å². The fourth-order valence-electron chi connectivity index (χ4n) is 2.67. The van der Waals surface area contributed by atoms with Gasteiger partial charge in [0.15, 0.2) is 5.84 Å². The average Bonchev–Trinajstić information content (AvgIpc) is 2.53. The number of hydrazone groups is 1. The second-order valence-corrected chi connectivity index (χ2v) is 5.12. The van der Waals surface area contributed by atoms with Gasteiger partial charge in [0.1, 0.15) is 0 Å². The maximum Gasteiger partial charge on any atom is 0.156 e. The number of nitrogens with zero attached hydrogens (tertiary/aromatic N) is 2. The fourth-order valence-corrected chi connectivity index (χ4v) is 2.67. The van der Waals surface area contributed by atoms with E-state index in [9.17, 15) is 0 Å². The Morgan fingerprint density at radius 3 is 2.75 bits per heavy atom. The third-order valence-electron chi connectivity index (χ3n) is 3.89. The van der Waals surface area contributed by atoms with Gasteiger partial charge in [-0.3, -0.25) is 0 Å². The summed E-state index contributed by atoms with van der Waals surface area (Å²) in [6.45, 7) is 6.70. The molecule has 0 aromatic heterocycles. The highest BCUT2D eigenvalue weighted by atomic mass is 15.3. The molecule has 1 aliphatic rings. The van der Waals surface area contributed by atoms with E-state index in [0.717, 1.165) is 49.4 Å². The molecule has 4 nitrogen and oxygen atoms in total. The SMILES string of the molecule is C=Cc1ccccc1/C(=N\NC)N1CCC(CN)CC1. The third-order valence-corrected chi connectivity index (χ3v) is 3.89. The molecule has 0 bridgehead atoms. The largest absolute Gasteiger partial charge is 0.355 e. The van der Waals surface area contributed by atoms with Crippen LogP contribution in [0.15, 0.2) is 35.9 Å². The summed E-state index contributed by atoms with van der Waals surface area (Å²) in [6, 6.07) is 8.24. The van der Waals surface area contributed by atoms with E-state index >= 15 is 0 Å². The summed E-state index contributed by atoms with van der Waals surface area (Å²) in [7, 11) is 1.84. The van der Waals surface area contributed by atoms with Crippen molar-refractivity contribution < 1.29 is 0 Å². The molecule has 0 atom stereocenters. The average molecular weight is 272 g/mol. The molecule has 0 unspecified atom stereocenters. The molecule has 1 heterocycles. The molecule has 1 aromatic carbocycles. The summed E-state index contributed by atoms with van der Waals surface area (Å²) in [5.74, 6) is 1.65. The van der Waals surface area contributed by atoms with Crippen LogP contribution in [0.1, 0.15) is 24.0 Å². The summed E-state index contributed by atoms with van der Waals surface area (Å²) < 4.78 is 0. The number of hydrogen-bond acceptors (Lipinski definition) is 3. The quantitative estimate of drug-likeness (QED) is 0.500. The molecule has 0 saturated carbocycles. The molecule has 0 aliphatic carbocycles. The van der Waals surface area contributed by atoms with Gasteiger partial charge in [0.2, 0.25) is 0 Å². The van der Waals surface area contributed by atoms with Crippen LogP contribution in [0.4, 0.5) is 0 Å². The minimum atomic E-state index is 0.650. The fraction of sp³-hybridized carbons (Fsp3) is 0.438. The maximum absolute atomic E-state index is 5.77. The highest BCUT2D eigenvalue weighted by Crippen LogP contribution is 2.20. The Bertz CT molecular complexity index is 473. The Labute approximate surface area is 121 Å². The number of nitrogens with two attached hydrogens (primary N) is 1. The molecule has 3 N–H and O–H groups in total. The number of hydrogen-bond donors (Lipinski definition) is 2. The molecule has 2 rings (SSSR count). The van der Waals surface area contributed by atoms with Crippen LogP contribution in [0.3, 0.4) is 0 Å². The van der Waals surface area contributed by atoms with Gasteiger partial charge in [-0.25, -0.2) is 0 Å². The number of piperidine rings is 1. The number of rotatable bonds is 4. The van der Waals surface area contributed by atoms with Crippen molar-refractivity contribution in [3.05, 3.63) is 42.0 Å². The Hall–Kier alpha value is -1.81. The molecule has 0 amide bonds. The molecular weight excluding hydrogens is 248 g/mol. The normalized spacial score (nSPS) is 17.1. The second-order valence-electron chi connectivity index (χ2n) is 5.12. The third kappa shape index (κ3) is 3.20. The van der Waals surface area contributed by atoms with Crippen molar-refractivity contribution in [2.24, 2.45) is 16.8 Å². The smallest absolute Gasteiger partial charge is 0.156 e. The summed E-state index contributed by atoms with van der Waals surface area (Å²) in [4.78, 5) is 2.34. The molecule has 1 aliphatic heterocycles. The number of nitrogens with one attached hydrogen (secondary N) is 1. The summed E-state index contributed by atoms with van der Waals surface area (Å²) in [6.07, 6.45) is 4.15. The van der Waals surface area contributed by atoms with Crippen LogP contribution in [0.2, 0.25) is 0 Å². The molecule has 0 spiro atoms. The van der Waals surface area contributed by atoms with E-state index in [1.165, 1.54) is 0 Å². The first-order valence-electron chi connectivity index (χ1n) is 7.21. The highest BCUT2D eigenvalue weighted by Gasteiger charge is 2.22. The second kappa shape index (κ2) is 7.10. The Kier molecular flexibility index (Phi) is 5.18. The zero-order valence-electron chi connectivity index (χ0n) is 12.2. The van der Waals surface area contributed by atoms with Gasteiger partial charge in [-0.1, -0.05) is 36.9 Å². The Morgan fingerprint density at radius 1 is 1.45 bits per heavy atom. The van der Waals surface area contributed by atoms with Crippen molar-refractivity contribution in [1.82, 2.24) is 10.3 Å². The molecule has 108 valence electrons. The Morgan fingerprint density at radius 2 is 2.15 bits per heavy atom. The van der Waals surface area contributed by atoms with Gasteiger partial charge in [-0.2, -0.15) is 5.10 Å². The zero-order valence-corrected chi connectivity index (χ0v) is 12.2. The lowest BCUT2D eigenvalue weighted by Crippen LogP contribution is -2.41. The van der Waals surface area contributed by atoms with Crippen molar-refractivity contribution in [2.45, 2.75) is 12.8 Å². The van der Waals surface area contributed by atoms with Crippen LogP contribution in [-0.2, 0) is 0 Å². The Balaban J connectivity index is 2.24. The van der Waals surface area contributed by atoms with E-state index in [1.54, 1.807) is 0 Å². The van der Waals surface area contributed by atoms with Gasteiger partial charge >= 0.3 is 0 Å². The van der Waals surface area contributed by atoms with Crippen molar-refractivity contribution in [2.75, 3.05) is 26.7 Å². The van der Waals surface area contributed by atoms with Gasteiger partial charge in [0.25, 0.3) is 0 Å². The summed E-state index contributed by atoms with van der Waals surface area (Å²) >= 11 is 0. The number of likely N-dealkylation sites (tertiary alicyclic amines) is 1. The van der Waals surface area contributed by atoms with Crippen LogP contribution >= 0.6 is 0 Å². The van der Waals surface area contributed by atoms with E-state index in [-0.39, 0.29) is 0 Å². The van der Waals surface area contributed by atoms with Crippen LogP contribution in [0.5, 0.6) is 0 Å². The summed E-state index contributed by atoms with van der Waals surface area (Å²) in [5, 5.41) is 4.49. The lowest BCUT2D eigenvalue weighted by atomic mass is 9.96. The van der Waals surface area contributed by atoms with Crippen molar-refractivity contribution in [3.8, 4) is 0 Å². The van der Waals surface area contributed by atoms with E-state index in [4.69, 9.17) is 5.73 Å². The van der Waals surface area contributed by atoms with Gasteiger partial charge in [-0.15, -0.1) is 0 Å². The van der Waals surface area contributed by atoms with E-state index in [2.05, 4.69) is 34.1 Å². The molecule has 4 heteroatoms. The molecule has 1 fully saturated rings. The number of amidine groups is 1. The molecule has 1 aromatic rings. The van der Waals surface area contributed by atoms with Crippen LogP contribution in [0.25, 0.3) is 6.08 Å². The van der Waals surface area contributed by atoms with E-state index in [1.807, 2.05) is 25.3 Å². The lowest BCUT2D eigenvalue weighted by molar-refractivity contribution is 0.270. The predicted octanol–water partition coefficient (Wildman–Crippen LogP) is 1.88. The maximum atomic E-state index is 5.77. The first kappa shape index (κ1) is 14.6. The van der Waals surface area contributed by atoms with Crippen LogP contribution < -0.4 is 11.2 Å². The van der Waals surface area contributed by atoms with Crippen molar-refractivity contribution in [1.29, 1.82) is 0 Å². The molecule has 20 heavy (non-hydrogen) atoms. The first-order chi connectivity index (χ1) is 9.80. The minimum Gasteiger partial charge on any atom is -0.355 e. The topological polar surface area (TPSA) is 53.7 Å². The minimum absolute atomic E-state index is 0.650. The van der Waals surface area contributed by atoms with Gasteiger partial charge in [-0.05, 0) is 30.9 Å². The van der Waals surface area contributed by atoms with Crippen molar-refractivity contribution >= 4 is 11.9 Å². The molecule has 0 radical (unpaired) electrons. The zero-order chi connectivity index (χ0) is 14.4. The summed E-state index contributed by atoms with van der Waals surface area (Å²) in [5.41, 5.74) is 10.9. The molecule has 1 saturated heterocycles. The van der Waals surface area contributed by atoms with E-state index in [0.29, 0.717) is 5.92 Å². The first-order valence-corrected chi connectivity index (χ1v) is 7.21.